The maximum absolute atomic E-state index is 5.79. The van der Waals surface area contributed by atoms with E-state index in [0.717, 1.165) is 45.8 Å². The third kappa shape index (κ3) is 6.99. The molecule has 1 fully saturated rings. The van der Waals surface area contributed by atoms with Crippen LogP contribution in [-0.4, -0.2) is 75.3 Å². The molecule has 0 aromatic heterocycles. The molecule has 0 atom stereocenters. The van der Waals surface area contributed by atoms with Gasteiger partial charge in [-0.1, -0.05) is 30.3 Å². The minimum absolute atomic E-state index is 0.504. The summed E-state index contributed by atoms with van der Waals surface area (Å²) < 4.78 is 4.96. The molecule has 0 bridgehead atoms. The van der Waals surface area contributed by atoms with Crippen molar-refractivity contribution in [1.82, 2.24) is 15.1 Å². The van der Waals surface area contributed by atoms with Gasteiger partial charge in [0.25, 0.3) is 0 Å². The number of nitrogens with one attached hydrogen (secondary N) is 1. The van der Waals surface area contributed by atoms with Gasteiger partial charge in [-0.15, -0.1) is 0 Å². The second-order valence-corrected chi connectivity index (χ2v) is 5.79. The Hall–Kier alpha value is -1.63. The number of rotatable bonds is 8. The van der Waals surface area contributed by atoms with E-state index < -0.39 is 0 Å². The molecule has 128 valence electrons. The molecule has 0 spiro atoms. The Kier molecular flexibility index (Phi) is 7.86. The third-order valence-corrected chi connectivity index (χ3v) is 4.02. The summed E-state index contributed by atoms with van der Waals surface area (Å²) in [6, 6.07) is 10.7. The van der Waals surface area contributed by atoms with E-state index in [2.05, 4.69) is 50.4 Å². The van der Waals surface area contributed by atoms with E-state index in [1.54, 1.807) is 7.11 Å². The summed E-state index contributed by atoms with van der Waals surface area (Å²) in [7, 11) is 1.67. The summed E-state index contributed by atoms with van der Waals surface area (Å²) in [5, 5.41) is 3.03. The van der Waals surface area contributed by atoms with E-state index in [-0.39, 0.29) is 0 Å². The Morgan fingerprint density at radius 2 is 1.87 bits per heavy atom. The number of hydrogen-bond acceptors (Lipinski definition) is 4. The quantitative estimate of drug-likeness (QED) is 0.411. The molecule has 1 heterocycles. The van der Waals surface area contributed by atoms with Crippen LogP contribution >= 0.6 is 0 Å². The average molecular weight is 319 g/mol. The number of hydrogen-bond donors (Lipinski definition) is 2. The molecule has 0 saturated carbocycles. The first kappa shape index (κ1) is 17.7. The van der Waals surface area contributed by atoms with Crippen molar-refractivity contribution in [3.8, 4) is 0 Å². The molecule has 1 aliphatic heterocycles. The summed E-state index contributed by atoms with van der Waals surface area (Å²) in [5.41, 5.74) is 7.18. The van der Waals surface area contributed by atoms with Crippen LogP contribution in [0.4, 0.5) is 0 Å². The highest BCUT2D eigenvalue weighted by atomic mass is 16.5. The van der Waals surface area contributed by atoms with Crippen LogP contribution in [0, 0.1) is 0 Å². The van der Waals surface area contributed by atoms with Crippen molar-refractivity contribution in [3.63, 3.8) is 0 Å². The number of piperazine rings is 1. The Morgan fingerprint density at radius 1 is 1.17 bits per heavy atom. The number of methoxy groups -OCH3 is 1. The van der Waals surface area contributed by atoms with Crippen molar-refractivity contribution < 1.29 is 4.74 Å². The molecular weight excluding hydrogens is 290 g/mol. The van der Waals surface area contributed by atoms with E-state index in [1.165, 1.54) is 5.56 Å². The van der Waals surface area contributed by atoms with Crippen molar-refractivity contribution in [2.24, 2.45) is 10.7 Å². The van der Waals surface area contributed by atoms with E-state index in [1.807, 2.05) is 0 Å². The zero-order chi connectivity index (χ0) is 16.3. The first-order valence-electron chi connectivity index (χ1n) is 8.29. The minimum atomic E-state index is 0.504. The molecule has 0 amide bonds. The molecule has 6 nitrogen and oxygen atoms in total. The largest absolute Gasteiger partial charge is 0.383 e. The zero-order valence-corrected chi connectivity index (χ0v) is 14.1. The lowest BCUT2D eigenvalue weighted by Crippen LogP contribution is -2.46. The van der Waals surface area contributed by atoms with Gasteiger partial charge in [0.15, 0.2) is 5.96 Å². The number of aliphatic imine (C=N–C) groups is 1. The summed E-state index contributed by atoms with van der Waals surface area (Å²) >= 11 is 0. The van der Waals surface area contributed by atoms with Crippen LogP contribution in [0.15, 0.2) is 35.3 Å². The van der Waals surface area contributed by atoms with Gasteiger partial charge in [0, 0.05) is 52.9 Å². The van der Waals surface area contributed by atoms with Crippen LogP contribution in [0.1, 0.15) is 5.56 Å². The van der Waals surface area contributed by atoms with Gasteiger partial charge in [0.05, 0.1) is 13.2 Å². The molecular formula is C17H29N5O. The first-order chi connectivity index (χ1) is 11.3. The van der Waals surface area contributed by atoms with Crippen LogP contribution in [0.25, 0.3) is 0 Å². The summed E-state index contributed by atoms with van der Waals surface area (Å²) in [4.78, 5) is 9.31. The normalized spacial score (nSPS) is 17.3. The van der Waals surface area contributed by atoms with Crippen LogP contribution in [0.3, 0.4) is 0 Å². The summed E-state index contributed by atoms with van der Waals surface area (Å²) in [6.07, 6.45) is 0. The predicted molar refractivity (Wildman–Crippen MR) is 94.5 cm³/mol. The number of benzene rings is 1. The number of nitrogens with two attached hydrogens (primary N) is 1. The second-order valence-electron chi connectivity index (χ2n) is 5.79. The minimum Gasteiger partial charge on any atom is -0.383 e. The van der Waals surface area contributed by atoms with Crippen LogP contribution in [-0.2, 0) is 11.3 Å². The van der Waals surface area contributed by atoms with Gasteiger partial charge in [0.1, 0.15) is 0 Å². The summed E-state index contributed by atoms with van der Waals surface area (Å²) in [5.74, 6) is 0.504. The highest BCUT2D eigenvalue weighted by molar-refractivity contribution is 5.77. The van der Waals surface area contributed by atoms with Crippen LogP contribution in [0.2, 0.25) is 0 Å². The lowest BCUT2D eigenvalue weighted by atomic mass is 10.2. The number of guanidine groups is 1. The Labute approximate surface area is 139 Å². The fourth-order valence-corrected chi connectivity index (χ4v) is 2.66. The molecule has 1 aromatic carbocycles. The van der Waals surface area contributed by atoms with Crippen molar-refractivity contribution >= 4 is 5.96 Å². The molecule has 0 aliphatic carbocycles. The Balaban J connectivity index is 1.60. The molecule has 0 unspecified atom stereocenters. The lowest BCUT2D eigenvalue weighted by Gasteiger charge is -2.34. The molecule has 6 heteroatoms. The van der Waals surface area contributed by atoms with Gasteiger partial charge < -0.3 is 15.8 Å². The van der Waals surface area contributed by atoms with E-state index in [0.29, 0.717) is 19.1 Å². The van der Waals surface area contributed by atoms with Crippen LogP contribution < -0.4 is 11.1 Å². The molecule has 1 aromatic rings. The monoisotopic (exact) mass is 319 g/mol. The topological polar surface area (TPSA) is 66.1 Å². The Bertz CT molecular complexity index is 457. The number of nitrogens with zero attached hydrogens (tertiary/aromatic N) is 3. The second kappa shape index (κ2) is 10.2. The van der Waals surface area contributed by atoms with Gasteiger partial charge in [-0.05, 0) is 5.56 Å². The van der Waals surface area contributed by atoms with E-state index in [9.17, 15) is 0 Å². The Morgan fingerprint density at radius 3 is 2.57 bits per heavy atom. The molecule has 1 aliphatic rings. The smallest absolute Gasteiger partial charge is 0.188 e. The van der Waals surface area contributed by atoms with Crippen LogP contribution in [0.5, 0.6) is 0 Å². The van der Waals surface area contributed by atoms with E-state index >= 15 is 0 Å². The maximum Gasteiger partial charge on any atom is 0.188 e. The van der Waals surface area contributed by atoms with Gasteiger partial charge in [-0.3, -0.25) is 14.8 Å². The fourth-order valence-electron chi connectivity index (χ4n) is 2.66. The predicted octanol–water partition coefficient (Wildman–Crippen LogP) is 0.355. The molecule has 2 rings (SSSR count). The van der Waals surface area contributed by atoms with Crippen molar-refractivity contribution in [3.05, 3.63) is 35.9 Å². The van der Waals surface area contributed by atoms with Gasteiger partial charge >= 0.3 is 0 Å². The van der Waals surface area contributed by atoms with Gasteiger partial charge in [-0.2, -0.15) is 0 Å². The standard InChI is InChI=1S/C17H29N5O/c1-23-14-8-20-17(18)19-7-9-21-10-12-22(13-11-21)15-16-5-3-2-4-6-16/h2-6H,7-15H2,1H3,(H3,18,19,20). The highest BCUT2D eigenvalue weighted by Gasteiger charge is 2.16. The average Bonchev–Trinajstić information content (AvgIpc) is 2.58. The fraction of sp³-hybridized carbons (Fsp3) is 0.588. The van der Waals surface area contributed by atoms with Gasteiger partial charge in [-0.25, -0.2) is 0 Å². The molecule has 23 heavy (non-hydrogen) atoms. The zero-order valence-electron chi connectivity index (χ0n) is 14.1. The molecule has 0 radical (unpaired) electrons. The van der Waals surface area contributed by atoms with Crippen molar-refractivity contribution in [2.45, 2.75) is 6.54 Å². The third-order valence-electron chi connectivity index (χ3n) is 4.02. The van der Waals surface area contributed by atoms with Crippen molar-refractivity contribution in [1.29, 1.82) is 0 Å². The highest BCUT2D eigenvalue weighted by Crippen LogP contribution is 2.08. The van der Waals surface area contributed by atoms with Crippen molar-refractivity contribution in [2.75, 3.05) is 59.5 Å². The van der Waals surface area contributed by atoms with E-state index in [4.69, 9.17) is 10.5 Å². The lowest BCUT2D eigenvalue weighted by molar-refractivity contribution is 0.130. The molecule has 1 saturated heterocycles. The summed E-state index contributed by atoms with van der Waals surface area (Å²) in [6.45, 7) is 8.50. The number of ether oxygens (including phenoxy) is 1. The maximum atomic E-state index is 5.79. The van der Waals surface area contributed by atoms with Gasteiger partial charge in [0.2, 0.25) is 0 Å². The first-order valence-corrected chi connectivity index (χ1v) is 8.29. The SMILES string of the molecule is COCCNC(N)=NCCN1CCN(Cc2ccccc2)CC1. The molecule has 3 N–H and O–H groups in total.